The summed E-state index contributed by atoms with van der Waals surface area (Å²) in [5.41, 5.74) is 1.02. The number of rotatable bonds is 2. The average molecular weight is 304 g/mol. The van der Waals surface area contributed by atoms with Crippen molar-refractivity contribution in [3.05, 3.63) is 29.6 Å². The van der Waals surface area contributed by atoms with E-state index in [4.69, 9.17) is 4.74 Å². The number of halogens is 1. The smallest absolute Gasteiger partial charge is 0.360 e. The Morgan fingerprint density at radius 1 is 1.32 bits per heavy atom. The highest BCUT2D eigenvalue weighted by Crippen LogP contribution is 2.30. The summed E-state index contributed by atoms with van der Waals surface area (Å²) in [7, 11) is 0. The van der Waals surface area contributed by atoms with E-state index in [2.05, 4.69) is 15.1 Å². The normalized spacial score (nSPS) is 14.0. The lowest BCUT2D eigenvalue weighted by Gasteiger charge is -2.19. The van der Waals surface area contributed by atoms with Gasteiger partial charge in [-0.15, -0.1) is 0 Å². The van der Waals surface area contributed by atoms with Crippen molar-refractivity contribution in [3.63, 3.8) is 0 Å². The second-order valence-corrected chi connectivity index (χ2v) is 6.22. The molecule has 0 saturated heterocycles. The van der Waals surface area contributed by atoms with Crippen LogP contribution in [-0.4, -0.2) is 31.3 Å². The lowest BCUT2D eigenvalue weighted by molar-refractivity contribution is 0.00627. The lowest BCUT2D eigenvalue weighted by Crippen LogP contribution is -2.24. The quantitative estimate of drug-likeness (QED) is 0.797. The molecular formula is C15H17FN4O2. The monoisotopic (exact) mass is 304 g/mol. The maximum atomic E-state index is 13.0. The summed E-state index contributed by atoms with van der Waals surface area (Å²) in [6.07, 6.45) is 3.90. The number of ether oxygens (including phenoxy) is 1. The first-order valence-corrected chi connectivity index (χ1v) is 7.16. The summed E-state index contributed by atoms with van der Waals surface area (Å²) in [4.78, 5) is 20.4. The zero-order valence-corrected chi connectivity index (χ0v) is 12.8. The van der Waals surface area contributed by atoms with E-state index in [1.165, 1.54) is 0 Å². The van der Waals surface area contributed by atoms with Gasteiger partial charge in [-0.1, -0.05) is 0 Å². The Labute approximate surface area is 127 Å². The number of fused-ring (bicyclic) bond motifs is 1. The second-order valence-electron chi connectivity index (χ2n) is 6.22. The Kier molecular flexibility index (Phi) is 3.42. The minimum absolute atomic E-state index is 0.191. The zero-order valence-electron chi connectivity index (χ0n) is 12.8. The van der Waals surface area contributed by atoms with Gasteiger partial charge in [0.2, 0.25) is 0 Å². The molecule has 0 amide bonds. The van der Waals surface area contributed by atoms with Crippen molar-refractivity contribution in [2.45, 2.75) is 45.8 Å². The molecule has 0 fully saturated rings. The maximum absolute atomic E-state index is 13.0. The molecule has 0 N–H and O–H groups in total. The van der Waals surface area contributed by atoms with Crippen LogP contribution in [-0.2, 0) is 17.7 Å². The molecule has 1 aliphatic rings. The molecule has 6 nitrogen and oxygen atoms in total. The van der Waals surface area contributed by atoms with Gasteiger partial charge in [-0.05, 0) is 33.6 Å². The first-order chi connectivity index (χ1) is 10.3. The minimum Gasteiger partial charge on any atom is -0.455 e. The van der Waals surface area contributed by atoms with Crippen molar-refractivity contribution >= 4 is 5.97 Å². The topological polar surface area (TPSA) is 69.9 Å². The Bertz CT molecular complexity index is 716. The van der Waals surface area contributed by atoms with Gasteiger partial charge in [-0.2, -0.15) is 5.10 Å². The Hall–Kier alpha value is -2.31. The van der Waals surface area contributed by atoms with Gasteiger partial charge in [0.1, 0.15) is 5.60 Å². The van der Waals surface area contributed by atoms with E-state index >= 15 is 0 Å². The molecule has 0 atom stereocenters. The number of carbonyl (C=O) groups is 1. The highest BCUT2D eigenvalue weighted by Gasteiger charge is 2.31. The van der Waals surface area contributed by atoms with Gasteiger partial charge in [-0.3, -0.25) is 4.68 Å². The molecule has 116 valence electrons. The lowest BCUT2D eigenvalue weighted by atomic mass is 10.1. The Balaban J connectivity index is 2.08. The molecule has 0 unspecified atom stereocenters. The molecule has 3 rings (SSSR count). The van der Waals surface area contributed by atoms with E-state index in [1.54, 1.807) is 25.5 Å². The Morgan fingerprint density at radius 2 is 2.00 bits per heavy atom. The number of hydrogen-bond donors (Lipinski definition) is 0. The van der Waals surface area contributed by atoms with Gasteiger partial charge in [0.15, 0.2) is 17.3 Å². The van der Waals surface area contributed by atoms with Crippen molar-refractivity contribution in [2.75, 3.05) is 0 Å². The minimum atomic E-state index is -0.619. The van der Waals surface area contributed by atoms with Crippen molar-refractivity contribution < 1.29 is 13.9 Å². The predicted octanol–water partition coefficient (Wildman–Crippen LogP) is 2.38. The van der Waals surface area contributed by atoms with Crippen LogP contribution in [0, 0.1) is 5.82 Å². The fourth-order valence-corrected chi connectivity index (χ4v) is 2.48. The number of esters is 1. The van der Waals surface area contributed by atoms with Gasteiger partial charge in [0, 0.05) is 6.54 Å². The number of aryl methyl sites for hydroxylation is 1. The first-order valence-electron chi connectivity index (χ1n) is 7.16. The number of carbonyl (C=O) groups excluding carboxylic acids is 1. The molecule has 0 aliphatic carbocycles. The van der Waals surface area contributed by atoms with E-state index in [0.29, 0.717) is 11.4 Å². The van der Waals surface area contributed by atoms with Gasteiger partial charge < -0.3 is 4.74 Å². The SMILES string of the molecule is CC(C)(C)OC(=O)c1nn2c(c1-c1ncc(F)cn1)CCC2. The summed E-state index contributed by atoms with van der Waals surface area (Å²) in [6.45, 7) is 6.13. The molecule has 0 bridgehead atoms. The highest BCUT2D eigenvalue weighted by molar-refractivity contribution is 5.95. The van der Waals surface area contributed by atoms with Crippen LogP contribution >= 0.6 is 0 Å². The molecular weight excluding hydrogens is 287 g/mol. The highest BCUT2D eigenvalue weighted by atomic mass is 19.1. The number of aromatic nitrogens is 4. The Morgan fingerprint density at radius 3 is 2.64 bits per heavy atom. The average Bonchev–Trinajstić information content (AvgIpc) is 2.98. The van der Waals surface area contributed by atoms with Gasteiger partial charge in [-0.25, -0.2) is 19.2 Å². The third-order valence-electron chi connectivity index (χ3n) is 3.28. The molecule has 2 aromatic rings. The molecule has 7 heteroatoms. The van der Waals surface area contributed by atoms with Crippen LogP contribution in [0.3, 0.4) is 0 Å². The number of hydrogen-bond acceptors (Lipinski definition) is 5. The van der Waals surface area contributed by atoms with Crippen molar-refractivity contribution in [1.82, 2.24) is 19.7 Å². The predicted molar refractivity (Wildman–Crippen MR) is 76.7 cm³/mol. The third kappa shape index (κ3) is 2.70. The molecule has 0 saturated carbocycles. The standard InChI is InChI=1S/C15H17FN4O2/c1-15(2,3)22-14(21)12-11(10-5-4-6-20(10)19-12)13-17-7-9(16)8-18-13/h7-8H,4-6H2,1-3H3. The van der Waals surface area contributed by atoms with Crippen LogP contribution in [0.15, 0.2) is 12.4 Å². The summed E-state index contributed by atoms with van der Waals surface area (Å²) < 4.78 is 20.2. The fraction of sp³-hybridized carbons (Fsp3) is 0.467. The van der Waals surface area contributed by atoms with E-state index in [9.17, 15) is 9.18 Å². The van der Waals surface area contributed by atoms with Gasteiger partial charge in [0.25, 0.3) is 0 Å². The van der Waals surface area contributed by atoms with E-state index in [-0.39, 0.29) is 5.69 Å². The molecule has 1 aliphatic heterocycles. The summed E-state index contributed by atoms with van der Waals surface area (Å²) in [5, 5.41) is 4.34. The zero-order chi connectivity index (χ0) is 15.9. The van der Waals surface area contributed by atoms with Crippen LogP contribution in [0.5, 0.6) is 0 Å². The van der Waals surface area contributed by atoms with Crippen LogP contribution in [0.25, 0.3) is 11.4 Å². The third-order valence-corrected chi connectivity index (χ3v) is 3.28. The second kappa shape index (κ2) is 5.15. The molecule has 22 heavy (non-hydrogen) atoms. The van der Waals surface area contributed by atoms with Gasteiger partial charge >= 0.3 is 5.97 Å². The van der Waals surface area contributed by atoms with Crippen molar-refractivity contribution in [3.8, 4) is 11.4 Å². The first kappa shape index (κ1) is 14.6. The van der Waals surface area contributed by atoms with Crippen LogP contribution in [0.4, 0.5) is 4.39 Å². The van der Waals surface area contributed by atoms with E-state index in [0.717, 1.165) is 37.5 Å². The van der Waals surface area contributed by atoms with Crippen LogP contribution in [0.1, 0.15) is 43.4 Å². The largest absolute Gasteiger partial charge is 0.455 e. The van der Waals surface area contributed by atoms with Crippen LogP contribution in [0.2, 0.25) is 0 Å². The molecule has 0 aromatic carbocycles. The fourth-order valence-electron chi connectivity index (χ4n) is 2.48. The molecule has 2 aromatic heterocycles. The summed E-state index contributed by atoms with van der Waals surface area (Å²) in [5.74, 6) is -0.742. The molecule has 0 radical (unpaired) electrons. The summed E-state index contributed by atoms with van der Waals surface area (Å²) >= 11 is 0. The van der Waals surface area contributed by atoms with E-state index < -0.39 is 17.4 Å². The van der Waals surface area contributed by atoms with Crippen molar-refractivity contribution in [2.24, 2.45) is 0 Å². The number of nitrogens with zero attached hydrogens (tertiary/aromatic N) is 4. The van der Waals surface area contributed by atoms with Gasteiger partial charge in [0.05, 0.1) is 23.7 Å². The van der Waals surface area contributed by atoms with Crippen molar-refractivity contribution in [1.29, 1.82) is 0 Å². The summed E-state index contributed by atoms with van der Waals surface area (Å²) in [6, 6.07) is 0. The maximum Gasteiger partial charge on any atom is 0.360 e. The molecule has 3 heterocycles. The van der Waals surface area contributed by atoms with E-state index in [1.807, 2.05) is 0 Å². The van der Waals surface area contributed by atoms with Crippen LogP contribution < -0.4 is 0 Å². The molecule has 0 spiro atoms.